The van der Waals surface area contributed by atoms with Crippen LogP contribution >= 0.6 is 0 Å². The van der Waals surface area contributed by atoms with Crippen LogP contribution in [0, 0.1) is 5.92 Å². The largest absolute Gasteiger partial charge is 0.349 e. The van der Waals surface area contributed by atoms with Gasteiger partial charge in [0, 0.05) is 19.2 Å². The Morgan fingerprint density at radius 3 is 2.96 bits per heavy atom. The number of hydrogen-bond donors (Lipinski definition) is 2. The molecule has 1 aromatic carbocycles. The van der Waals surface area contributed by atoms with Crippen molar-refractivity contribution in [2.45, 2.75) is 25.8 Å². The van der Waals surface area contributed by atoms with Gasteiger partial charge in [0.15, 0.2) is 0 Å². The van der Waals surface area contributed by atoms with Gasteiger partial charge in [-0.25, -0.2) is 4.98 Å². The molecule has 2 aromatic heterocycles. The minimum atomic E-state index is 0.0602. The van der Waals surface area contributed by atoms with Crippen LogP contribution in [0.5, 0.6) is 0 Å². The third kappa shape index (κ3) is 4.71. The Morgan fingerprint density at radius 2 is 2.11 bits per heavy atom. The van der Waals surface area contributed by atoms with Crippen LogP contribution in [0.3, 0.4) is 0 Å². The van der Waals surface area contributed by atoms with Gasteiger partial charge in [-0.3, -0.25) is 14.7 Å². The van der Waals surface area contributed by atoms with Crippen LogP contribution < -0.4 is 5.32 Å². The number of imidazole rings is 1. The van der Waals surface area contributed by atoms with E-state index in [9.17, 15) is 4.79 Å². The highest BCUT2D eigenvalue weighted by atomic mass is 16.2. The average molecular weight is 363 g/mol. The van der Waals surface area contributed by atoms with E-state index in [2.05, 4.69) is 26.3 Å². The number of H-pyrrole nitrogens is 1. The summed E-state index contributed by atoms with van der Waals surface area (Å²) < 4.78 is 0. The second kappa shape index (κ2) is 8.31. The maximum absolute atomic E-state index is 12.3. The number of para-hydroxylation sites is 2. The standard InChI is InChI=1S/C21H25N5O/c27-21(23-13-17-7-3-4-10-22-17)15-26-11-5-6-16(14-26)12-20-24-18-8-1-2-9-19(18)25-20/h1-4,7-10,16H,5-6,11-15H2,(H,23,27)(H,24,25)/t16-/m1/s1. The summed E-state index contributed by atoms with van der Waals surface area (Å²) >= 11 is 0. The minimum Gasteiger partial charge on any atom is -0.349 e. The van der Waals surface area contributed by atoms with Crippen molar-refractivity contribution in [1.82, 2.24) is 25.2 Å². The van der Waals surface area contributed by atoms with E-state index >= 15 is 0 Å². The quantitative estimate of drug-likeness (QED) is 0.706. The van der Waals surface area contributed by atoms with Crippen LogP contribution in [0.1, 0.15) is 24.4 Å². The molecule has 0 saturated carbocycles. The van der Waals surface area contributed by atoms with Crippen LogP contribution in [-0.4, -0.2) is 45.4 Å². The molecule has 1 aliphatic heterocycles. The highest BCUT2D eigenvalue weighted by Gasteiger charge is 2.22. The summed E-state index contributed by atoms with van der Waals surface area (Å²) in [5.41, 5.74) is 3.00. The molecule has 2 N–H and O–H groups in total. The first-order valence-corrected chi connectivity index (χ1v) is 9.59. The van der Waals surface area contributed by atoms with Gasteiger partial charge in [0.1, 0.15) is 5.82 Å². The first-order valence-electron chi connectivity index (χ1n) is 9.59. The fraction of sp³-hybridized carbons (Fsp3) is 0.381. The topological polar surface area (TPSA) is 73.9 Å². The van der Waals surface area contributed by atoms with Crippen molar-refractivity contribution >= 4 is 16.9 Å². The van der Waals surface area contributed by atoms with E-state index in [-0.39, 0.29) is 5.91 Å². The first kappa shape index (κ1) is 17.7. The molecule has 0 aliphatic carbocycles. The summed E-state index contributed by atoms with van der Waals surface area (Å²) in [6, 6.07) is 13.9. The number of benzene rings is 1. The fourth-order valence-electron chi connectivity index (χ4n) is 3.79. The van der Waals surface area contributed by atoms with Gasteiger partial charge < -0.3 is 10.3 Å². The molecule has 0 radical (unpaired) electrons. The Bertz CT molecular complexity index is 859. The number of aromatic nitrogens is 3. The lowest BCUT2D eigenvalue weighted by atomic mass is 9.94. The summed E-state index contributed by atoms with van der Waals surface area (Å²) in [7, 11) is 0. The molecule has 1 atom stereocenters. The predicted octanol–water partition coefficient (Wildman–Crippen LogP) is 2.53. The lowest BCUT2D eigenvalue weighted by molar-refractivity contribution is -0.122. The number of amides is 1. The second-order valence-electron chi connectivity index (χ2n) is 7.25. The zero-order valence-corrected chi connectivity index (χ0v) is 15.4. The van der Waals surface area contributed by atoms with Gasteiger partial charge in [0.25, 0.3) is 0 Å². The van der Waals surface area contributed by atoms with Crippen LogP contribution in [0.15, 0.2) is 48.7 Å². The maximum Gasteiger partial charge on any atom is 0.234 e. The number of carbonyl (C=O) groups excluding carboxylic acids is 1. The van der Waals surface area contributed by atoms with Gasteiger partial charge in [-0.15, -0.1) is 0 Å². The summed E-state index contributed by atoms with van der Waals surface area (Å²) in [5, 5.41) is 2.97. The number of carbonyl (C=O) groups is 1. The molecule has 140 valence electrons. The molecule has 1 aliphatic rings. The second-order valence-corrected chi connectivity index (χ2v) is 7.25. The van der Waals surface area contributed by atoms with Gasteiger partial charge in [0.05, 0.1) is 29.8 Å². The molecule has 0 unspecified atom stereocenters. The molecule has 6 nitrogen and oxygen atoms in total. The number of likely N-dealkylation sites (tertiary alicyclic amines) is 1. The Labute approximate surface area is 159 Å². The van der Waals surface area contributed by atoms with Crippen molar-refractivity contribution < 1.29 is 4.79 Å². The van der Waals surface area contributed by atoms with E-state index in [1.165, 1.54) is 6.42 Å². The van der Waals surface area contributed by atoms with Gasteiger partial charge in [-0.05, 0) is 49.6 Å². The summed E-state index contributed by atoms with van der Waals surface area (Å²) in [6.45, 7) is 2.85. The van der Waals surface area contributed by atoms with Gasteiger partial charge in [-0.1, -0.05) is 18.2 Å². The molecule has 1 amide bonds. The number of piperidine rings is 1. The Kier molecular flexibility index (Phi) is 5.44. The number of rotatable bonds is 6. The van der Waals surface area contributed by atoms with Gasteiger partial charge in [-0.2, -0.15) is 0 Å². The number of nitrogens with one attached hydrogen (secondary N) is 2. The lowest BCUT2D eigenvalue weighted by Crippen LogP contribution is -2.42. The molecule has 3 aromatic rings. The minimum absolute atomic E-state index is 0.0602. The van der Waals surface area contributed by atoms with Gasteiger partial charge >= 0.3 is 0 Å². The first-order chi connectivity index (χ1) is 13.3. The summed E-state index contributed by atoms with van der Waals surface area (Å²) in [5.74, 6) is 1.63. The Hall–Kier alpha value is -2.73. The molecule has 1 saturated heterocycles. The monoisotopic (exact) mass is 363 g/mol. The predicted molar refractivity (Wildman–Crippen MR) is 105 cm³/mol. The number of aromatic amines is 1. The molecule has 0 spiro atoms. The van der Waals surface area contributed by atoms with E-state index in [0.29, 0.717) is 19.0 Å². The maximum atomic E-state index is 12.3. The van der Waals surface area contributed by atoms with E-state index in [0.717, 1.165) is 48.5 Å². The van der Waals surface area contributed by atoms with Crippen LogP contribution in [0.4, 0.5) is 0 Å². The van der Waals surface area contributed by atoms with Crippen molar-refractivity contribution in [3.05, 3.63) is 60.2 Å². The summed E-state index contributed by atoms with van der Waals surface area (Å²) in [4.78, 5) is 26.9. The summed E-state index contributed by atoms with van der Waals surface area (Å²) in [6.07, 6.45) is 4.98. The molecular weight excluding hydrogens is 338 g/mol. The molecule has 1 fully saturated rings. The van der Waals surface area contributed by atoms with Crippen molar-refractivity contribution in [3.63, 3.8) is 0 Å². The zero-order chi connectivity index (χ0) is 18.5. The van der Waals surface area contributed by atoms with Crippen LogP contribution in [-0.2, 0) is 17.8 Å². The number of hydrogen-bond acceptors (Lipinski definition) is 4. The highest BCUT2D eigenvalue weighted by Crippen LogP contribution is 2.21. The van der Waals surface area contributed by atoms with E-state index in [4.69, 9.17) is 4.98 Å². The van der Waals surface area contributed by atoms with Crippen molar-refractivity contribution in [2.24, 2.45) is 5.92 Å². The molecule has 27 heavy (non-hydrogen) atoms. The normalized spacial score (nSPS) is 17.9. The molecular formula is C21H25N5O. The third-order valence-corrected chi connectivity index (χ3v) is 5.08. The van der Waals surface area contributed by atoms with E-state index < -0.39 is 0 Å². The smallest absolute Gasteiger partial charge is 0.234 e. The molecule has 6 heteroatoms. The Morgan fingerprint density at radius 1 is 1.22 bits per heavy atom. The zero-order valence-electron chi connectivity index (χ0n) is 15.4. The fourth-order valence-corrected chi connectivity index (χ4v) is 3.79. The number of pyridine rings is 1. The molecule has 4 rings (SSSR count). The van der Waals surface area contributed by atoms with E-state index in [1.807, 2.05) is 36.4 Å². The Balaban J connectivity index is 1.28. The van der Waals surface area contributed by atoms with Crippen LogP contribution in [0.25, 0.3) is 11.0 Å². The SMILES string of the molecule is O=C(CN1CCC[C@H](Cc2nc3ccccc3[nH]2)C1)NCc1ccccn1. The van der Waals surface area contributed by atoms with Crippen molar-refractivity contribution in [1.29, 1.82) is 0 Å². The molecule has 0 bridgehead atoms. The van der Waals surface area contributed by atoms with Crippen molar-refractivity contribution in [2.75, 3.05) is 19.6 Å². The van der Waals surface area contributed by atoms with Crippen LogP contribution in [0.2, 0.25) is 0 Å². The number of nitrogens with zero attached hydrogens (tertiary/aromatic N) is 3. The van der Waals surface area contributed by atoms with E-state index in [1.54, 1.807) is 6.20 Å². The molecule has 3 heterocycles. The lowest BCUT2D eigenvalue weighted by Gasteiger charge is -2.31. The van der Waals surface area contributed by atoms with Crippen molar-refractivity contribution in [3.8, 4) is 0 Å². The highest BCUT2D eigenvalue weighted by molar-refractivity contribution is 5.78. The average Bonchev–Trinajstić information content (AvgIpc) is 3.10. The van der Waals surface area contributed by atoms with Gasteiger partial charge in [0.2, 0.25) is 5.91 Å². The third-order valence-electron chi connectivity index (χ3n) is 5.08. The number of fused-ring (bicyclic) bond motifs is 1.